The van der Waals surface area contributed by atoms with Crippen LogP contribution in [0.25, 0.3) is 28.2 Å². The highest BCUT2D eigenvalue weighted by atomic mass is 16.5. The molecule has 5 rings (SSSR count). The Morgan fingerprint density at radius 2 is 1.58 bits per heavy atom. The lowest BCUT2D eigenvalue weighted by Gasteiger charge is -2.26. The molecule has 1 fully saturated rings. The van der Waals surface area contributed by atoms with E-state index in [1.807, 2.05) is 71.4 Å². The predicted octanol–water partition coefficient (Wildman–Crippen LogP) is 6.03. The number of piperidine rings is 1. The van der Waals surface area contributed by atoms with Gasteiger partial charge in [-0.2, -0.15) is 5.10 Å². The van der Waals surface area contributed by atoms with Crippen molar-refractivity contribution in [1.29, 1.82) is 0 Å². The van der Waals surface area contributed by atoms with E-state index in [0.29, 0.717) is 6.61 Å². The quantitative estimate of drug-likeness (QED) is 0.335. The number of aromatic nitrogens is 2. The maximum Gasteiger partial charge on any atom is 0.221 e. The number of likely N-dealkylation sites (tertiary alicyclic amines) is 1. The topological polar surface area (TPSA) is 59.4 Å². The number of hydrogen-bond donors (Lipinski definition) is 1. The summed E-state index contributed by atoms with van der Waals surface area (Å²) in [7, 11) is 0. The highest BCUT2D eigenvalue weighted by molar-refractivity contribution is 5.89. The molecule has 0 saturated carbocycles. The predicted molar refractivity (Wildman–Crippen MR) is 145 cm³/mol. The van der Waals surface area contributed by atoms with E-state index in [1.54, 1.807) is 0 Å². The molecule has 0 unspecified atom stereocenters. The molecule has 4 aromatic rings. The van der Waals surface area contributed by atoms with Crippen LogP contribution in [-0.2, 0) is 4.79 Å². The minimum absolute atomic E-state index is 0.0849. The van der Waals surface area contributed by atoms with E-state index in [0.717, 1.165) is 46.2 Å². The number of para-hydroxylation sites is 1. The fourth-order valence-electron chi connectivity index (χ4n) is 4.62. The number of carbonyl (C=O) groups is 1. The number of benzene rings is 3. The standard InChI is InChI=1S/C30H32N4O2/c1-23(35)31-26-14-10-25(11-15-26)30-22-29(32-34(30)27-8-4-2-5-9-27)24-12-16-28(17-13-24)36-21-20-33-18-6-3-7-19-33/h2,4-5,8-17,22H,3,6-7,18-21H2,1H3,(H,31,35). The van der Waals surface area contributed by atoms with Crippen molar-refractivity contribution < 1.29 is 9.53 Å². The van der Waals surface area contributed by atoms with Gasteiger partial charge in [-0.1, -0.05) is 36.8 Å². The minimum atomic E-state index is -0.0849. The number of hydrogen-bond acceptors (Lipinski definition) is 4. The van der Waals surface area contributed by atoms with Crippen LogP contribution in [0.1, 0.15) is 26.2 Å². The summed E-state index contributed by atoms with van der Waals surface area (Å²) in [5.41, 5.74) is 5.68. The van der Waals surface area contributed by atoms with Crippen molar-refractivity contribution in [3.05, 3.63) is 84.9 Å². The first-order valence-corrected chi connectivity index (χ1v) is 12.6. The van der Waals surface area contributed by atoms with Gasteiger partial charge in [-0.25, -0.2) is 4.68 Å². The van der Waals surface area contributed by atoms with Gasteiger partial charge < -0.3 is 10.1 Å². The molecule has 184 valence electrons. The molecular weight excluding hydrogens is 448 g/mol. The molecule has 1 aromatic heterocycles. The Bertz CT molecular complexity index is 1280. The molecule has 0 radical (unpaired) electrons. The zero-order chi connectivity index (χ0) is 24.7. The third kappa shape index (κ3) is 5.83. The highest BCUT2D eigenvalue weighted by Gasteiger charge is 2.14. The first-order valence-electron chi connectivity index (χ1n) is 12.6. The summed E-state index contributed by atoms with van der Waals surface area (Å²) < 4.78 is 7.97. The maximum absolute atomic E-state index is 11.4. The number of rotatable bonds is 8. The molecule has 6 nitrogen and oxygen atoms in total. The van der Waals surface area contributed by atoms with Crippen LogP contribution >= 0.6 is 0 Å². The van der Waals surface area contributed by atoms with Gasteiger partial charge in [0, 0.05) is 30.3 Å². The molecule has 1 amide bonds. The van der Waals surface area contributed by atoms with Crippen LogP contribution in [0, 0.1) is 0 Å². The van der Waals surface area contributed by atoms with Gasteiger partial charge in [-0.05, 0) is 80.5 Å². The Hall–Kier alpha value is -3.90. The van der Waals surface area contributed by atoms with Crippen LogP contribution < -0.4 is 10.1 Å². The number of ether oxygens (including phenoxy) is 1. The van der Waals surface area contributed by atoms with Crippen LogP contribution in [0.15, 0.2) is 84.9 Å². The van der Waals surface area contributed by atoms with Crippen molar-refractivity contribution in [2.45, 2.75) is 26.2 Å². The molecule has 36 heavy (non-hydrogen) atoms. The van der Waals surface area contributed by atoms with Crippen LogP contribution in [0.3, 0.4) is 0 Å². The van der Waals surface area contributed by atoms with Gasteiger partial charge in [0.05, 0.1) is 17.1 Å². The van der Waals surface area contributed by atoms with Gasteiger partial charge in [-0.15, -0.1) is 0 Å². The van der Waals surface area contributed by atoms with Gasteiger partial charge in [0.25, 0.3) is 0 Å². The van der Waals surface area contributed by atoms with Crippen molar-refractivity contribution in [2.24, 2.45) is 0 Å². The van der Waals surface area contributed by atoms with Crippen molar-refractivity contribution in [3.8, 4) is 34.0 Å². The summed E-state index contributed by atoms with van der Waals surface area (Å²) in [6.45, 7) is 5.57. The van der Waals surface area contributed by atoms with Crippen LogP contribution in [-0.4, -0.2) is 46.8 Å². The van der Waals surface area contributed by atoms with E-state index < -0.39 is 0 Å². The molecule has 1 aliphatic rings. The fraction of sp³-hybridized carbons (Fsp3) is 0.267. The molecule has 2 heterocycles. The molecule has 1 N–H and O–H groups in total. The highest BCUT2D eigenvalue weighted by Crippen LogP contribution is 2.30. The lowest BCUT2D eigenvalue weighted by Crippen LogP contribution is -2.33. The van der Waals surface area contributed by atoms with E-state index in [1.165, 1.54) is 39.3 Å². The van der Waals surface area contributed by atoms with Gasteiger partial charge in [0.1, 0.15) is 12.4 Å². The third-order valence-electron chi connectivity index (χ3n) is 6.49. The molecule has 6 heteroatoms. The lowest BCUT2D eigenvalue weighted by molar-refractivity contribution is -0.114. The number of nitrogens with zero attached hydrogens (tertiary/aromatic N) is 3. The smallest absolute Gasteiger partial charge is 0.221 e. The molecule has 0 spiro atoms. The molecule has 3 aromatic carbocycles. The number of anilines is 1. The fourth-order valence-corrected chi connectivity index (χ4v) is 4.62. The first kappa shape index (κ1) is 23.8. The number of carbonyl (C=O) groups excluding carboxylic acids is 1. The summed E-state index contributed by atoms with van der Waals surface area (Å²) in [5, 5.41) is 7.77. The summed E-state index contributed by atoms with van der Waals surface area (Å²) in [5.74, 6) is 0.797. The van der Waals surface area contributed by atoms with E-state index in [2.05, 4.69) is 28.4 Å². The lowest BCUT2D eigenvalue weighted by atomic mass is 10.1. The van der Waals surface area contributed by atoms with Gasteiger partial charge in [-0.3, -0.25) is 9.69 Å². The summed E-state index contributed by atoms with van der Waals surface area (Å²) >= 11 is 0. The molecule has 0 atom stereocenters. The average molecular weight is 481 g/mol. The molecule has 0 aliphatic carbocycles. The Kier molecular flexibility index (Phi) is 7.43. The van der Waals surface area contributed by atoms with Crippen LogP contribution in [0.2, 0.25) is 0 Å². The van der Waals surface area contributed by atoms with Crippen molar-refractivity contribution >= 4 is 11.6 Å². The number of amides is 1. The Morgan fingerprint density at radius 1 is 0.889 bits per heavy atom. The van der Waals surface area contributed by atoms with Gasteiger partial charge in [0.15, 0.2) is 0 Å². The second kappa shape index (κ2) is 11.2. The Labute approximate surface area is 212 Å². The minimum Gasteiger partial charge on any atom is -0.492 e. The van der Waals surface area contributed by atoms with Crippen LogP contribution in [0.5, 0.6) is 5.75 Å². The maximum atomic E-state index is 11.4. The van der Waals surface area contributed by atoms with E-state index in [9.17, 15) is 4.79 Å². The Balaban J connectivity index is 1.36. The van der Waals surface area contributed by atoms with Crippen molar-refractivity contribution in [3.63, 3.8) is 0 Å². The zero-order valence-electron chi connectivity index (χ0n) is 20.7. The zero-order valence-corrected chi connectivity index (χ0v) is 20.7. The average Bonchev–Trinajstić information content (AvgIpc) is 3.36. The largest absolute Gasteiger partial charge is 0.492 e. The normalized spacial score (nSPS) is 13.9. The van der Waals surface area contributed by atoms with Gasteiger partial charge >= 0.3 is 0 Å². The molecule has 1 saturated heterocycles. The summed E-state index contributed by atoms with van der Waals surface area (Å²) in [6.07, 6.45) is 3.94. The van der Waals surface area contributed by atoms with Crippen molar-refractivity contribution in [2.75, 3.05) is 31.6 Å². The first-order chi connectivity index (χ1) is 17.7. The van der Waals surface area contributed by atoms with E-state index in [-0.39, 0.29) is 5.91 Å². The third-order valence-corrected chi connectivity index (χ3v) is 6.49. The van der Waals surface area contributed by atoms with E-state index in [4.69, 9.17) is 9.84 Å². The monoisotopic (exact) mass is 480 g/mol. The van der Waals surface area contributed by atoms with Crippen molar-refractivity contribution in [1.82, 2.24) is 14.7 Å². The molecule has 0 bridgehead atoms. The molecule has 1 aliphatic heterocycles. The molecular formula is C30H32N4O2. The Morgan fingerprint density at radius 3 is 2.28 bits per heavy atom. The van der Waals surface area contributed by atoms with Crippen LogP contribution in [0.4, 0.5) is 5.69 Å². The second-order valence-corrected chi connectivity index (χ2v) is 9.20. The SMILES string of the molecule is CC(=O)Nc1ccc(-c2cc(-c3ccc(OCCN4CCCCC4)cc3)nn2-c2ccccc2)cc1. The van der Waals surface area contributed by atoms with E-state index >= 15 is 0 Å². The number of nitrogens with one attached hydrogen (secondary N) is 1. The second-order valence-electron chi connectivity index (χ2n) is 9.20. The summed E-state index contributed by atoms with van der Waals surface area (Å²) in [4.78, 5) is 13.9. The van der Waals surface area contributed by atoms with Gasteiger partial charge in [0.2, 0.25) is 5.91 Å². The summed E-state index contributed by atoms with van der Waals surface area (Å²) in [6, 6.07) is 28.2.